The third kappa shape index (κ3) is 26.8. The first kappa shape index (κ1) is 73.0. The van der Waals surface area contributed by atoms with Crippen molar-refractivity contribution in [2.24, 2.45) is 5.73 Å². The van der Waals surface area contributed by atoms with E-state index in [1.165, 1.54) is 21.1 Å². The topological polar surface area (TPSA) is 244 Å². The molecule has 1 fully saturated rings. The molecular weight excluding hydrogens is 1110 g/mol. The number of ether oxygens (including phenoxy) is 9. The monoisotopic (exact) mass is 1190 g/mol. The van der Waals surface area contributed by atoms with Crippen molar-refractivity contribution in [3.63, 3.8) is 0 Å². The SMILES string of the molecule is CC#N.CC(C)(C)OC(=O)CN.COc1cc(B2OC(C)(C)C(C)(C)O2)cc(OC)c1CNCC(=O)OC(C)(C)C.COc1cc(Br)cc(OC)c1C=O.COc1cc(Br)cc(OC)c1CNCC(=O)OC(C)(C)C.[B]. The molecule has 0 aliphatic carbocycles. The van der Waals surface area contributed by atoms with Crippen molar-refractivity contribution in [1.82, 2.24) is 10.6 Å². The Bertz CT molecular complexity index is 2250. The lowest BCUT2D eigenvalue weighted by Crippen LogP contribution is -2.41. The molecule has 1 saturated heterocycles. The molecule has 0 amide bonds. The van der Waals surface area contributed by atoms with Crippen LogP contribution in [-0.4, -0.2) is 130 Å². The second kappa shape index (κ2) is 33.9. The van der Waals surface area contributed by atoms with E-state index in [9.17, 15) is 19.2 Å². The van der Waals surface area contributed by atoms with Crippen molar-refractivity contribution in [3.05, 3.63) is 62.0 Å². The number of rotatable bonds is 17. The summed E-state index contributed by atoms with van der Waals surface area (Å²) in [6.45, 7) is 26.9. The fourth-order valence-corrected chi connectivity index (χ4v) is 6.99. The van der Waals surface area contributed by atoms with Gasteiger partial charge in [0.2, 0.25) is 0 Å². The average molecular weight is 1200 g/mol. The van der Waals surface area contributed by atoms with Crippen molar-refractivity contribution >= 4 is 77.0 Å². The van der Waals surface area contributed by atoms with E-state index in [0.29, 0.717) is 59.4 Å². The first-order valence-corrected chi connectivity index (χ1v) is 25.2. The molecule has 23 heteroatoms. The van der Waals surface area contributed by atoms with Crippen LogP contribution in [0, 0.1) is 11.3 Å². The van der Waals surface area contributed by atoms with Crippen LogP contribution < -0.4 is 50.3 Å². The minimum atomic E-state index is -0.522. The van der Waals surface area contributed by atoms with Gasteiger partial charge in [0.15, 0.2) is 6.29 Å². The van der Waals surface area contributed by atoms with E-state index >= 15 is 0 Å². The maximum atomic E-state index is 11.9. The van der Waals surface area contributed by atoms with Gasteiger partial charge in [-0.25, -0.2) is 0 Å². The van der Waals surface area contributed by atoms with Gasteiger partial charge < -0.3 is 68.3 Å². The van der Waals surface area contributed by atoms with Crippen LogP contribution in [0.5, 0.6) is 34.5 Å². The van der Waals surface area contributed by atoms with Crippen molar-refractivity contribution in [2.45, 2.75) is 138 Å². The van der Waals surface area contributed by atoms with E-state index < -0.39 is 35.1 Å². The van der Waals surface area contributed by atoms with Crippen molar-refractivity contribution in [1.29, 1.82) is 5.26 Å². The van der Waals surface area contributed by atoms with Crippen LogP contribution in [-0.2, 0) is 51.0 Å². The van der Waals surface area contributed by atoms with Crippen molar-refractivity contribution in [3.8, 4) is 40.6 Å². The lowest BCUT2D eigenvalue weighted by Gasteiger charge is -2.32. The number of carbonyl (C=O) groups excluding carboxylic acids is 4. The molecule has 0 aromatic heterocycles. The van der Waals surface area contributed by atoms with Crippen LogP contribution in [0.25, 0.3) is 0 Å². The van der Waals surface area contributed by atoms with E-state index in [-0.39, 0.29) is 46.0 Å². The molecule has 19 nitrogen and oxygen atoms in total. The number of hydrogen-bond donors (Lipinski definition) is 3. The molecular formula is C53H81B2Br2N4O15. The summed E-state index contributed by atoms with van der Waals surface area (Å²) in [5.74, 6) is 2.68. The lowest BCUT2D eigenvalue weighted by molar-refractivity contribution is -0.154. The van der Waals surface area contributed by atoms with E-state index in [1.54, 1.807) is 67.4 Å². The predicted octanol–water partition coefficient (Wildman–Crippen LogP) is 8.05. The van der Waals surface area contributed by atoms with Gasteiger partial charge in [-0.05, 0) is 132 Å². The molecule has 1 aliphatic heterocycles. The summed E-state index contributed by atoms with van der Waals surface area (Å²) in [6, 6.07) is 12.7. The highest BCUT2D eigenvalue weighted by Gasteiger charge is 2.52. The summed E-state index contributed by atoms with van der Waals surface area (Å²) in [6.07, 6.45) is 0.712. The van der Waals surface area contributed by atoms with Crippen LogP contribution in [0.1, 0.15) is 118 Å². The highest BCUT2D eigenvalue weighted by Crippen LogP contribution is 2.38. The Morgan fingerprint density at radius 3 is 1.13 bits per heavy atom. The summed E-state index contributed by atoms with van der Waals surface area (Å²) >= 11 is 6.68. The summed E-state index contributed by atoms with van der Waals surface area (Å²) in [7, 11) is 8.88. The first-order valence-electron chi connectivity index (χ1n) is 23.6. The summed E-state index contributed by atoms with van der Waals surface area (Å²) in [5.41, 5.74) is 5.62. The standard InChI is InChI=1S/C21H34BNO6.C15H22BrNO4.C9H9BrO3.C6H13NO2.C2H3N.B/c1-19(2,3)27-18(24)13-23-12-15-16(25-8)10-14(11-17(15)26-9)22-28-20(4,5)21(6,7)29-22;1-15(2,3)21-14(18)9-17-8-11-12(19-4)6-10(16)7-13(11)20-5;1-12-8-3-6(10)4-9(13-2)7(8)5-11;1-6(2,3)9-5(8)4-7;1-2-3;/h10-11,23H,12-13H2,1-9H3;6-7,17H,8-9H2,1-5H3;3-5H,1-2H3;4,7H2,1-3H3;1H3;. The molecule has 4 rings (SSSR count). The van der Waals surface area contributed by atoms with Gasteiger partial charge in [-0.1, -0.05) is 31.9 Å². The normalized spacial score (nSPS) is 12.9. The van der Waals surface area contributed by atoms with Gasteiger partial charge in [0, 0.05) is 48.5 Å². The largest absolute Gasteiger partial charge is 0.496 e. The third-order valence-electron chi connectivity index (χ3n) is 9.92. The molecule has 3 aromatic carbocycles. The molecule has 3 aromatic rings. The van der Waals surface area contributed by atoms with Gasteiger partial charge in [0.25, 0.3) is 0 Å². The van der Waals surface area contributed by atoms with Gasteiger partial charge in [0.1, 0.15) is 51.3 Å². The quantitative estimate of drug-likeness (QED) is 0.0501. The predicted molar refractivity (Wildman–Crippen MR) is 302 cm³/mol. The Labute approximate surface area is 470 Å². The Hall–Kier alpha value is -5.08. The van der Waals surface area contributed by atoms with Crippen molar-refractivity contribution < 1.29 is 71.1 Å². The van der Waals surface area contributed by atoms with Gasteiger partial charge in [-0.2, -0.15) is 5.26 Å². The molecule has 1 aliphatic rings. The van der Waals surface area contributed by atoms with Crippen LogP contribution in [0.3, 0.4) is 0 Å². The highest BCUT2D eigenvalue weighted by atomic mass is 79.9. The van der Waals surface area contributed by atoms with E-state index in [4.69, 9.17) is 62.9 Å². The molecule has 0 atom stereocenters. The zero-order chi connectivity index (χ0) is 58.1. The zero-order valence-corrected chi connectivity index (χ0v) is 51.3. The number of hydrogen-bond acceptors (Lipinski definition) is 19. The second-order valence-electron chi connectivity index (χ2n) is 20.0. The van der Waals surface area contributed by atoms with Gasteiger partial charge in [-0.3, -0.25) is 19.2 Å². The molecule has 0 unspecified atom stereocenters. The fraction of sp³-hybridized carbons (Fsp3) is 0.566. The molecule has 423 valence electrons. The van der Waals surface area contributed by atoms with Crippen LogP contribution in [0.4, 0.5) is 0 Å². The number of nitriles is 1. The summed E-state index contributed by atoms with van der Waals surface area (Å²) in [5, 5.41) is 13.5. The van der Waals surface area contributed by atoms with E-state index in [2.05, 4.69) is 42.5 Å². The molecule has 0 bridgehead atoms. The average Bonchev–Trinajstić information content (AvgIpc) is 3.53. The van der Waals surface area contributed by atoms with E-state index in [1.807, 2.05) is 93.5 Å². The zero-order valence-electron chi connectivity index (χ0n) is 48.1. The number of esters is 3. The Balaban J connectivity index is 0. The molecule has 3 radical (unpaired) electrons. The number of halogens is 2. The third-order valence-corrected chi connectivity index (χ3v) is 10.8. The number of nitrogens with zero attached hydrogens (tertiary/aromatic N) is 1. The lowest BCUT2D eigenvalue weighted by atomic mass is 9.78. The summed E-state index contributed by atoms with van der Waals surface area (Å²) in [4.78, 5) is 44.8. The smallest absolute Gasteiger partial charge is 0.495 e. The maximum absolute atomic E-state index is 11.9. The minimum absolute atomic E-state index is 0. The van der Waals surface area contributed by atoms with Gasteiger partial charge in [-0.15, -0.1) is 0 Å². The van der Waals surface area contributed by atoms with Crippen molar-refractivity contribution in [2.75, 3.05) is 62.3 Å². The molecule has 1 heterocycles. The maximum Gasteiger partial charge on any atom is 0.495 e. The number of aldehydes is 1. The number of benzene rings is 3. The Morgan fingerprint density at radius 1 is 0.605 bits per heavy atom. The first-order chi connectivity index (χ1) is 34.6. The molecule has 0 saturated carbocycles. The van der Waals surface area contributed by atoms with Crippen LogP contribution in [0.15, 0.2) is 45.3 Å². The second-order valence-corrected chi connectivity index (χ2v) is 21.8. The van der Waals surface area contributed by atoms with E-state index in [0.717, 1.165) is 25.5 Å². The molecule has 76 heavy (non-hydrogen) atoms. The molecule has 0 spiro atoms. The Morgan fingerprint density at radius 2 is 0.882 bits per heavy atom. The number of nitrogens with one attached hydrogen (secondary N) is 2. The van der Waals surface area contributed by atoms with Crippen LogP contribution >= 0.6 is 31.9 Å². The highest BCUT2D eigenvalue weighted by molar-refractivity contribution is 9.10. The minimum Gasteiger partial charge on any atom is -0.496 e. The number of methoxy groups -OCH3 is 6. The molecule has 4 N–H and O–H groups in total. The van der Waals surface area contributed by atoms with Gasteiger partial charge in [0.05, 0.1) is 85.1 Å². The van der Waals surface area contributed by atoms with Crippen LogP contribution in [0.2, 0.25) is 0 Å². The fourth-order valence-electron chi connectivity index (χ4n) is 6.16. The summed E-state index contributed by atoms with van der Waals surface area (Å²) < 4.78 is 61.2. The number of carbonyl (C=O) groups is 4. The number of nitrogens with two attached hydrogens (primary N) is 1. The van der Waals surface area contributed by atoms with Gasteiger partial charge >= 0.3 is 25.0 Å². The Kier molecular flexibility index (Phi) is 32.6.